The van der Waals surface area contributed by atoms with Gasteiger partial charge in [0, 0.05) is 15.9 Å². The molecule has 3 aromatic rings. The monoisotopic (exact) mass is 571 g/mol. The molecule has 10 heteroatoms. The Labute approximate surface area is 221 Å². The van der Waals surface area contributed by atoms with E-state index in [4.69, 9.17) is 4.74 Å². The van der Waals surface area contributed by atoms with Crippen LogP contribution in [0.5, 0.6) is 5.75 Å². The number of thioether (sulfide) groups is 1. The van der Waals surface area contributed by atoms with Gasteiger partial charge in [-0.1, -0.05) is 46.6 Å². The van der Waals surface area contributed by atoms with Crippen LogP contribution in [0.15, 0.2) is 46.5 Å². The van der Waals surface area contributed by atoms with Gasteiger partial charge in [0.2, 0.25) is 5.91 Å². The lowest BCUT2D eigenvalue weighted by atomic mass is 9.97. The first kappa shape index (κ1) is 25.5. The van der Waals surface area contributed by atoms with E-state index < -0.39 is 0 Å². The van der Waals surface area contributed by atoms with E-state index in [1.54, 1.807) is 17.4 Å². The minimum atomic E-state index is -0.165. The highest BCUT2D eigenvalue weighted by Gasteiger charge is 2.21. The Morgan fingerprint density at radius 3 is 2.77 bits per heavy atom. The van der Waals surface area contributed by atoms with Crippen molar-refractivity contribution in [3.8, 4) is 11.8 Å². The normalized spacial score (nSPS) is 13.3. The Balaban J connectivity index is 1.40. The number of hydrogen-bond donors (Lipinski definition) is 1. The number of carbonyl (C=O) groups is 1. The number of rotatable bonds is 9. The molecule has 1 aliphatic rings. The fraction of sp³-hybridized carbons (Fsp3) is 0.360. The van der Waals surface area contributed by atoms with Crippen LogP contribution in [0.25, 0.3) is 0 Å². The standard InChI is InChI=1S/C25H26BrN5O2S2/c1-2-13-31-22(15-33-18-11-9-17(26)10-12-18)29-30-25(31)34-16-23(32)28-24-20(14-27)19-7-5-3-4-6-8-21(19)35-24/h2,9-12H,1,3-8,13,15-16H2,(H,28,32). The highest BCUT2D eigenvalue weighted by molar-refractivity contribution is 9.10. The summed E-state index contributed by atoms with van der Waals surface area (Å²) in [5.74, 6) is 1.38. The van der Waals surface area contributed by atoms with Gasteiger partial charge in [-0.3, -0.25) is 9.36 Å². The van der Waals surface area contributed by atoms with Crippen molar-refractivity contribution < 1.29 is 9.53 Å². The van der Waals surface area contributed by atoms with Gasteiger partial charge < -0.3 is 10.1 Å². The molecule has 1 aliphatic carbocycles. The predicted octanol–water partition coefficient (Wildman–Crippen LogP) is 6.13. The lowest BCUT2D eigenvalue weighted by Gasteiger charge is -2.09. The first-order chi connectivity index (χ1) is 17.1. The summed E-state index contributed by atoms with van der Waals surface area (Å²) in [6.07, 6.45) is 8.30. The molecular weight excluding hydrogens is 546 g/mol. The molecule has 4 rings (SSSR count). The number of aryl methyl sites for hydroxylation is 1. The maximum absolute atomic E-state index is 12.8. The zero-order valence-electron chi connectivity index (χ0n) is 19.3. The second kappa shape index (κ2) is 12.4. The number of anilines is 1. The molecule has 0 atom stereocenters. The van der Waals surface area contributed by atoms with Crippen LogP contribution in [0.1, 0.15) is 47.5 Å². The summed E-state index contributed by atoms with van der Waals surface area (Å²) < 4.78 is 8.71. The maximum atomic E-state index is 12.8. The molecule has 0 saturated heterocycles. The molecule has 1 amide bonds. The summed E-state index contributed by atoms with van der Waals surface area (Å²) in [4.78, 5) is 14.0. The van der Waals surface area contributed by atoms with Crippen molar-refractivity contribution in [1.82, 2.24) is 14.8 Å². The molecule has 0 radical (unpaired) electrons. The highest BCUT2D eigenvalue weighted by atomic mass is 79.9. The summed E-state index contributed by atoms with van der Waals surface area (Å²) in [6.45, 7) is 4.58. The molecule has 0 aliphatic heterocycles. The lowest BCUT2D eigenvalue weighted by Crippen LogP contribution is -2.15. The number of aromatic nitrogens is 3. The predicted molar refractivity (Wildman–Crippen MR) is 143 cm³/mol. The molecule has 0 saturated carbocycles. The van der Waals surface area contributed by atoms with Crippen molar-refractivity contribution in [2.45, 2.75) is 56.8 Å². The number of amides is 1. The van der Waals surface area contributed by atoms with Gasteiger partial charge in [0.15, 0.2) is 11.0 Å². The molecule has 7 nitrogen and oxygen atoms in total. The molecular formula is C25H26BrN5O2S2. The molecule has 0 fully saturated rings. The topological polar surface area (TPSA) is 92.8 Å². The molecule has 35 heavy (non-hydrogen) atoms. The van der Waals surface area contributed by atoms with Gasteiger partial charge in [-0.25, -0.2) is 0 Å². The fourth-order valence-electron chi connectivity index (χ4n) is 3.94. The van der Waals surface area contributed by atoms with Crippen LogP contribution < -0.4 is 10.1 Å². The van der Waals surface area contributed by atoms with Crippen molar-refractivity contribution in [2.75, 3.05) is 11.1 Å². The van der Waals surface area contributed by atoms with Crippen LogP contribution in [0, 0.1) is 11.3 Å². The van der Waals surface area contributed by atoms with E-state index in [0.29, 0.717) is 28.1 Å². The summed E-state index contributed by atoms with van der Waals surface area (Å²) in [6, 6.07) is 9.90. The summed E-state index contributed by atoms with van der Waals surface area (Å²) in [5, 5.41) is 22.5. The number of nitrogens with one attached hydrogen (secondary N) is 1. The summed E-state index contributed by atoms with van der Waals surface area (Å²) in [5.41, 5.74) is 1.76. The van der Waals surface area contributed by atoms with E-state index >= 15 is 0 Å². The Kier molecular flexibility index (Phi) is 9.01. The molecule has 182 valence electrons. The molecule has 1 N–H and O–H groups in total. The van der Waals surface area contributed by atoms with Gasteiger partial charge >= 0.3 is 0 Å². The van der Waals surface area contributed by atoms with E-state index in [0.717, 1.165) is 41.5 Å². The van der Waals surface area contributed by atoms with E-state index in [1.165, 1.54) is 29.5 Å². The second-order valence-electron chi connectivity index (χ2n) is 8.11. The van der Waals surface area contributed by atoms with E-state index in [-0.39, 0.29) is 18.3 Å². The van der Waals surface area contributed by atoms with Gasteiger partial charge in [-0.2, -0.15) is 5.26 Å². The SMILES string of the molecule is C=CCn1c(COc2ccc(Br)cc2)nnc1SCC(=O)Nc1sc2c(c1C#N)CCCCCC2. The van der Waals surface area contributed by atoms with E-state index in [9.17, 15) is 10.1 Å². The lowest BCUT2D eigenvalue weighted by molar-refractivity contribution is -0.113. The number of nitrogens with zero attached hydrogens (tertiary/aromatic N) is 4. The van der Waals surface area contributed by atoms with Crippen LogP contribution in [-0.4, -0.2) is 26.4 Å². The van der Waals surface area contributed by atoms with Gasteiger partial charge in [0.1, 0.15) is 23.4 Å². The number of nitriles is 1. The Morgan fingerprint density at radius 1 is 1.26 bits per heavy atom. The van der Waals surface area contributed by atoms with Crippen molar-refractivity contribution in [3.63, 3.8) is 0 Å². The molecule has 0 spiro atoms. The number of carbonyl (C=O) groups excluding carboxylic acids is 1. The van der Waals surface area contributed by atoms with Crippen LogP contribution in [0.4, 0.5) is 5.00 Å². The zero-order chi connectivity index (χ0) is 24.6. The van der Waals surface area contributed by atoms with Gasteiger partial charge in [0.25, 0.3) is 0 Å². The zero-order valence-corrected chi connectivity index (χ0v) is 22.5. The summed E-state index contributed by atoms with van der Waals surface area (Å²) >= 11 is 6.27. The first-order valence-electron chi connectivity index (χ1n) is 11.5. The van der Waals surface area contributed by atoms with Crippen LogP contribution >= 0.6 is 39.0 Å². The molecule has 0 unspecified atom stereocenters. The number of ether oxygens (including phenoxy) is 1. The van der Waals surface area contributed by atoms with Crippen molar-refractivity contribution in [1.29, 1.82) is 5.26 Å². The van der Waals surface area contributed by atoms with Crippen LogP contribution in [0.2, 0.25) is 0 Å². The minimum Gasteiger partial charge on any atom is -0.486 e. The Bertz CT molecular complexity index is 1230. The number of hydrogen-bond acceptors (Lipinski definition) is 7. The first-order valence-corrected chi connectivity index (χ1v) is 14.1. The smallest absolute Gasteiger partial charge is 0.235 e. The minimum absolute atomic E-state index is 0.163. The highest BCUT2D eigenvalue weighted by Crippen LogP contribution is 2.36. The number of thiophene rings is 1. The average molecular weight is 573 g/mol. The number of allylic oxidation sites excluding steroid dienone is 1. The molecule has 2 aromatic heterocycles. The Morgan fingerprint density at radius 2 is 2.03 bits per heavy atom. The fourth-order valence-corrected chi connectivity index (χ4v) is 6.23. The number of benzene rings is 1. The average Bonchev–Trinajstić information content (AvgIpc) is 3.37. The third-order valence-electron chi connectivity index (χ3n) is 5.66. The van der Waals surface area contributed by atoms with Gasteiger partial charge in [-0.05, 0) is 55.5 Å². The second-order valence-corrected chi connectivity index (χ2v) is 11.1. The van der Waals surface area contributed by atoms with Gasteiger partial charge in [0.05, 0.1) is 11.3 Å². The number of halogens is 1. The number of fused-ring (bicyclic) bond motifs is 1. The maximum Gasteiger partial charge on any atom is 0.235 e. The molecule has 2 heterocycles. The van der Waals surface area contributed by atoms with E-state index in [1.807, 2.05) is 28.8 Å². The molecule has 0 bridgehead atoms. The molecule has 1 aromatic carbocycles. The Hall–Kier alpha value is -2.61. The van der Waals surface area contributed by atoms with E-state index in [2.05, 4.69) is 44.1 Å². The van der Waals surface area contributed by atoms with Crippen molar-refractivity contribution in [2.24, 2.45) is 0 Å². The quantitative estimate of drug-likeness (QED) is 0.245. The summed E-state index contributed by atoms with van der Waals surface area (Å²) in [7, 11) is 0. The van der Waals surface area contributed by atoms with Crippen LogP contribution in [-0.2, 0) is 30.8 Å². The van der Waals surface area contributed by atoms with Crippen LogP contribution in [0.3, 0.4) is 0 Å². The third kappa shape index (κ3) is 6.54. The third-order valence-corrected chi connectivity index (χ3v) is 8.36. The van der Waals surface area contributed by atoms with Crippen molar-refractivity contribution in [3.05, 3.63) is 63.2 Å². The largest absolute Gasteiger partial charge is 0.486 e. The van der Waals surface area contributed by atoms with Gasteiger partial charge in [-0.15, -0.1) is 28.1 Å². The van der Waals surface area contributed by atoms with Crippen molar-refractivity contribution >= 4 is 49.9 Å².